The van der Waals surface area contributed by atoms with Crippen LogP contribution in [0.2, 0.25) is 0 Å². The molecule has 0 saturated carbocycles. The third-order valence-corrected chi connectivity index (χ3v) is 4.46. The molecule has 1 aromatic carbocycles. The number of anilines is 1. The Kier molecular flexibility index (Phi) is 3.50. The Morgan fingerprint density at radius 2 is 2.11 bits per heavy atom. The molecule has 1 aliphatic heterocycles. The highest BCUT2D eigenvalue weighted by Gasteiger charge is 2.25. The van der Waals surface area contributed by atoms with Crippen LogP contribution >= 0.6 is 23.6 Å². The number of aliphatic hydroxyl groups excluding tert-OH is 1. The van der Waals surface area contributed by atoms with Crippen molar-refractivity contribution >= 4 is 34.4 Å². The molecule has 2 N–H and O–H groups in total. The molecule has 1 unspecified atom stereocenters. The fourth-order valence-electron chi connectivity index (χ4n) is 2.20. The van der Waals surface area contributed by atoms with E-state index in [1.54, 1.807) is 11.3 Å². The normalized spacial score (nSPS) is 17.9. The second kappa shape index (κ2) is 5.28. The van der Waals surface area contributed by atoms with Gasteiger partial charge in [0.25, 0.3) is 0 Å². The lowest BCUT2D eigenvalue weighted by atomic mass is 10.1. The first-order valence-electron chi connectivity index (χ1n) is 6.09. The zero-order valence-corrected chi connectivity index (χ0v) is 11.9. The minimum Gasteiger partial charge on any atom is -0.387 e. The molecule has 19 heavy (non-hydrogen) atoms. The van der Waals surface area contributed by atoms with Crippen LogP contribution in [0.4, 0.5) is 5.69 Å². The first-order chi connectivity index (χ1) is 9.24. The average Bonchev–Trinajstić information content (AvgIpc) is 2.88. The fourth-order valence-corrected chi connectivity index (χ4v) is 3.41. The molecule has 1 aliphatic rings. The van der Waals surface area contributed by atoms with Gasteiger partial charge in [-0.25, -0.2) is 0 Å². The third kappa shape index (κ3) is 2.63. The largest absolute Gasteiger partial charge is 0.387 e. The van der Waals surface area contributed by atoms with E-state index in [0.717, 1.165) is 17.8 Å². The highest BCUT2D eigenvalue weighted by Crippen LogP contribution is 2.30. The first kappa shape index (κ1) is 12.6. The molecule has 2 aromatic rings. The summed E-state index contributed by atoms with van der Waals surface area (Å²) in [5.74, 6) is 0. The molecule has 2 heterocycles. The van der Waals surface area contributed by atoms with Gasteiger partial charge in [0.1, 0.15) is 0 Å². The predicted molar refractivity (Wildman–Crippen MR) is 82.4 cm³/mol. The van der Waals surface area contributed by atoms with Crippen LogP contribution < -0.4 is 5.32 Å². The van der Waals surface area contributed by atoms with Gasteiger partial charge in [-0.3, -0.25) is 0 Å². The van der Waals surface area contributed by atoms with Crippen LogP contribution in [-0.4, -0.2) is 21.7 Å². The van der Waals surface area contributed by atoms with Crippen molar-refractivity contribution in [1.82, 2.24) is 4.90 Å². The summed E-state index contributed by atoms with van der Waals surface area (Å²) in [5.41, 5.74) is 2.02. The fraction of sp³-hybridized carbons (Fsp3) is 0.214. The van der Waals surface area contributed by atoms with Gasteiger partial charge in [0.2, 0.25) is 0 Å². The van der Waals surface area contributed by atoms with E-state index in [-0.39, 0.29) is 0 Å². The molecule has 1 aromatic heterocycles. The van der Waals surface area contributed by atoms with Crippen molar-refractivity contribution in [2.24, 2.45) is 0 Å². The summed E-state index contributed by atoms with van der Waals surface area (Å²) in [6.07, 6.45) is -0.453. The average molecular weight is 290 g/mol. The number of aliphatic hydroxyl groups is 1. The lowest BCUT2D eigenvalue weighted by molar-refractivity contribution is 0.130. The van der Waals surface area contributed by atoms with Crippen molar-refractivity contribution in [3.63, 3.8) is 0 Å². The molecule has 0 fully saturated rings. The number of thiophene rings is 1. The van der Waals surface area contributed by atoms with Gasteiger partial charge in [-0.15, -0.1) is 11.3 Å². The number of hydrogen-bond acceptors (Lipinski definition) is 3. The van der Waals surface area contributed by atoms with Gasteiger partial charge in [0.05, 0.1) is 19.2 Å². The molecule has 0 spiro atoms. The van der Waals surface area contributed by atoms with Crippen LogP contribution in [-0.2, 0) is 6.54 Å². The van der Waals surface area contributed by atoms with Crippen LogP contribution in [0, 0.1) is 0 Å². The summed E-state index contributed by atoms with van der Waals surface area (Å²) in [4.78, 5) is 3.20. The van der Waals surface area contributed by atoms with Crippen LogP contribution in [0.15, 0.2) is 41.8 Å². The van der Waals surface area contributed by atoms with Crippen molar-refractivity contribution < 1.29 is 5.11 Å². The standard InChI is InChI=1S/C14H14N2OS2/c17-12-8-16(9-13-11(12)6-7-19-13)14(18)15-10-4-2-1-3-5-10/h1-7,12,17H,8-9H2,(H,15,18). The number of para-hydroxylation sites is 1. The minimum absolute atomic E-state index is 0.453. The number of nitrogens with zero attached hydrogens (tertiary/aromatic N) is 1. The second-order valence-corrected chi connectivity index (χ2v) is 5.88. The molecule has 0 bridgehead atoms. The van der Waals surface area contributed by atoms with Gasteiger partial charge in [-0.05, 0) is 41.4 Å². The summed E-state index contributed by atoms with van der Waals surface area (Å²) in [5, 5.41) is 16.0. The van der Waals surface area contributed by atoms with Gasteiger partial charge in [-0.2, -0.15) is 0 Å². The Bertz CT molecular complexity index is 582. The molecule has 0 amide bonds. The SMILES string of the molecule is OC1CN(C(=S)Nc2ccccc2)Cc2sccc21. The van der Waals surface area contributed by atoms with E-state index in [0.29, 0.717) is 11.7 Å². The van der Waals surface area contributed by atoms with Gasteiger partial charge in [0.15, 0.2) is 5.11 Å². The number of nitrogens with one attached hydrogen (secondary N) is 1. The maximum atomic E-state index is 10.1. The number of hydrogen-bond donors (Lipinski definition) is 2. The number of benzene rings is 1. The number of β-amino-alcohol motifs (C(OH)–C–C–N with tert-alkyl or cyclic N) is 1. The topological polar surface area (TPSA) is 35.5 Å². The van der Waals surface area contributed by atoms with Crippen molar-refractivity contribution in [1.29, 1.82) is 0 Å². The van der Waals surface area contributed by atoms with Crippen molar-refractivity contribution in [3.05, 3.63) is 52.2 Å². The van der Waals surface area contributed by atoms with E-state index in [1.807, 2.05) is 46.7 Å². The summed E-state index contributed by atoms with van der Waals surface area (Å²) < 4.78 is 0. The summed E-state index contributed by atoms with van der Waals surface area (Å²) in [6.45, 7) is 1.31. The minimum atomic E-state index is -0.453. The number of thiocarbonyl (C=S) groups is 1. The van der Waals surface area contributed by atoms with Gasteiger partial charge in [0, 0.05) is 10.6 Å². The lowest BCUT2D eigenvalue weighted by Gasteiger charge is -2.32. The quantitative estimate of drug-likeness (QED) is 0.792. The highest BCUT2D eigenvalue weighted by molar-refractivity contribution is 7.80. The highest BCUT2D eigenvalue weighted by atomic mass is 32.1. The number of rotatable bonds is 1. The number of fused-ring (bicyclic) bond motifs is 1. The Morgan fingerprint density at radius 1 is 1.32 bits per heavy atom. The molecule has 0 saturated heterocycles. The van der Waals surface area contributed by atoms with E-state index >= 15 is 0 Å². The lowest BCUT2D eigenvalue weighted by Crippen LogP contribution is -2.40. The van der Waals surface area contributed by atoms with E-state index < -0.39 is 6.10 Å². The Morgan fingerprint density at radius 3 is 2.89 bits per heavy atom. The smallest absolute Gasteiger partial charge is 0.173 e. The van der Waals surface area contributed by atoms with Gasteiger partial charge < -0.3 is 15.3 Å². The monoisotopic (exact) mass is 290 g/mol. The molecule has 3 nitrogen and oxygen atoms in total. The van der Waals surface area contributed by atoms with Crippen molar-refractivity contribution in [2.45, 2.75) is 12.6 Å². The molecule has 5 heteroatoms. The summed E-state index contributed by atoms with van der Waals surface area (Å²) >= 11 is 7.09. The van der Waals surface area contributed by atoms with Crippen LogP contribution in [0.3, 0.4) is 0 Å². The molecular formula is C14H14N2OS2. The van der Waals surface area contributed by atoms with Crippen LogP contribution in [0.5, 0.6) is 0 Å². The van der Waals surface area contributed by atoms with Crippen LogP contribution in [0.1, 0.15) is 16.5 Å². The van der Waals surface area contributed by atoms with E-state index in [2.05, 4.69) is 5.32 Å². The Hall–Kier alpha value is -1.43. The molecular weight excluding hydrogens is 276 g/mol. The summed E-state index contributed by atoms with van der Waals surface area (Å²) in [7, 11) is 0. The molecule has 98 valence electrons. The summed E-state index contributed by atoms with van der Waals surface area (Å²) in [6, 6.07) is 11.8. The van der Waals surface area contributed by atoms with E-state index in [1.165, 1.54) is 4.88 Å². The predicted octanol–water partition coefficient (Wildman–Crippen LogP) is 2.99. The van der Waals surface area contributed by atoms with Crippen LogP contribution in [0.25, 0.3) is 0 Å². The zero-order chi connectivity index (χ0) is 13.2. The second-order valence-electron chi connectivity index (χ2n) is 4.49. The molecule has 1 atom stereocenters. The Labute approximate surface area is 121 Å². The molecule has 0 aliphatic carbocycles. The van der Waals surface area contributed by atoms with Crippen molar-refractivity contribution in [2.75, 3.05) is 11.9 Å². The van der Waals surface area contributed by atoms with Gasteiger partial charge >= 0.3 is 0 Å². The Balaban J connectivity index is 1.72. The van der Waals surface area contributed by atoms with Gasteiger partial charge in [-0.1, -0.05) is 18.2 Å². The van der Waals surface area contributed by atoms with Crippen molar-refractivity contribution in [3.8, 4) is 0 Å². The maximum Gasteiger partial charge on any atom is 0.173 e. The molecule has 3 rings (SSSR count). The van der Waals surface area contributed by atoms with E-state index in [9.17, 15) is 5.11 Å². The third-order valence-electron chi connectivity index (χ3n) is 3.18. The first-order valence-corrected chi connectivity index (χ1v) is 7.38. The zero-order valence-electron chi connectivity index (χ0n) is 10.2. The van der Waals surface area contributed by atoms with E-state index in [4.69, 9.17) is 12.2 Å². The maximum absolute atomic E-state index is 10.1. The molecule has 0 radical (unpaired) electrons.